The number of carbonyl (C=O) groups excluding carboxylic acids is 5. The second-order valence-electron chi connectivity index (χ2n) is 34.2. The summed E-state index contributed by atoms with van der Waals surface area (Å²) in [6.45, 7) is 18.2. The first-order chi connectivity index (χ1) is 61.5. The number of nitrogens with zero attached hydrogens (tertiary/aromatic N) is 6. The Morgan fingerprint density at radius 3 is 1.24 bits per heavy atom. The number of Topliss-reactive ketones (excluding diaryl/α,β-unsaturated/α-hetero) is 5. The maximum absolute atomic E-state index is 13.6. The predicted molar refractivity (Wildman–Crippen MR) is 496 cm³/mol. The third kappa shape index (κ3) is 25.6. The number of carbonyl (C=O) groups is 5. The third-order valence-corrected chi connectivity index (χ3v) is 24.8. The van der Waals surface area contributed by atoms with Crippen LogP contribution < -0.4 is 23.7 Å². The zero-order valence-electron chi connectivity index (χ0n) is 73.7. The van der Waals surface area contributed by atoms with E-state index in [1.165, 1.54) is 46.5 Å². The average Bonchev–Trinajstić information content (AvgIpc) is 1.53. The molecular weight excluding hydrogens is 1610 g/mol. The lowest BCUT2D eigenvalue weighted by molar-refractivity contribution is -0.119. The Morgan fingerprint density at radius 2 is 0.803 bits per heavy atom. The van der Waals surface area contributed by atoms with Crippen LogP contribution in [-0.2, 0) is 49.9 Å². The Hall–Kier alpha value is -12.7. The highest BCUT2D eigenvalue weighted by Crippen LogP contribution is 2.46. The first kappa shape index (κ1) is 90.6. The van der Waals surface area contributed by atoms with Crippen LogP contribution in [0.3, 0.4) is 0 Å². The molecule has 18 rings (SSSR count). The van der Waals surface area contributed by atoms with Crippen LogP contribution in [0, 0.1) is 84.7 Å². The summed E-state index contributed by atoms with van der Waals surface area (Å²) in [6, 6.07) is 80.0. The van der Waals surface area contributed by atoms with Crippen molar-refractivity contribution in [2.45, 2.75) is 126 Å². The molecular formula is C108H111ClF2N6O10. The number of ether oxygens (including phenoxy) is 5. The number of benzene rings is 10. The van der Waals surface area contributed by atoms with Gasteiger partial charge in [-0.3, -0.25) is 33.3 Å². The van der Waals surface area contributed by atoms with Gasteiger partial charge in [-0.1, -0.05) is 145 Å². The summed E-state index contributed by atoms with van der Waals surface area (Å²) < 4.78 is 61.3. The van der Waals surface area contributed by atoms with Crippen molar-refractivity contribution in [3.8, 4) is 90.2 Å². The SMILES string of the molecule is CC(=O)C1CC1COc1ccc(-c2cc(C)nn2-c2ccc(Cl)cc2)cc1.CC(=O)C1CC1COc1ccc(-c2cn(Cc3ccccc3)nc2C)cc1.CC(=O)C1CC1COc1ccc(-c2cnn(Cc3ccccc3)c2)cc1.CCOc1ccc(F)cc1-c1ccc(CCC2CC2C(C)=O)cc1.COc1ccc(F)cc1-c1ccc(CCC2CC2C(C)=O)cc1. The van der Waals surface area contributed by atoms with Gasteiger partial charge >= 0.3 is 0 Å². The molecule has 0 radical (unpaired) electrons. The number of methoxy groups -OCH3 is 1. The highest BCUT2D eigenvalue weighted by atomic mass is 35.5. The number of aromatic nitrogens is 6. The fourth-order valence-corrected chi connectivity index (χ4v) is 16.7. The molecule has 3 aromatic heterocycles. The Bertz CT molecular complexity index is 5880. The van der Waals surface area contributed by atoms with Crippen LogP contribution >= 0.6 is 11.6 Å². The molecule has 16 nitrogen and oxygen atoms in total. The molecule has 5 aliphatic rings. The van der Waals surface area contributed by atoms with E-state index in [1.807, 2.05) is 174 Å². The van der Waals surface area contributed by atoms with Crippen molar-refractivity contribution in [1.29, 1.82) is 0 Å². The number of ketones is 5. The van der Waals surface area contributed by atoms with E-state index in [9.17, 15) is 32.8 Å². The maximum Gasteiger partial charge on any atom is 0.133 e. The van der Waals surface area contributed by atoms with Gasteiger partial charge in [0.15, 0.2) is 0 Å². The van der Waals surface area contributed by atoms with E-state index >= 15 is 0 Å². The van der Waals surface area contributed by atoms with Gasteiger partial charge in [0, 0.05) is 92.6 Å². The molecule has 127 heavy (non-hydrogen) atoms. The standard InChI is InChI=1S/C23H24N2O2.C22H21ClN2O2.C22H22N2O2.C21H23FO2.C20H21FO2/c1-16-23(14-25(24-16)13-18-6-4-3-5-7-18)19-8-10-21(11-9-19)27-15-20-12-22(20)17(2)26;1-14-11-22(25(24-14)19-7-5-18(23)6-8-19)16-3-9-20(10-4-16)27-13-17-12-21(17)15(2)26;1-16(25)22-11-19(22)15-26-21-9-7-18(8-10-21)20-12-23-24(14-20)13-17-5-3-2-4-6-17;1-3-24-21-11-10-18(22)13-20(21)16-7-4-15(5-8-16)6-9-17-12-19(17)14(2)23;1-13(22)18-11-16(18)8-5-14-3-6-15(7-4-14)19-12-17(21)9-10-20(19)23-2/h3-11,14,20,22H,12-13,15H2,1-2H3;3-11,17,21H,12-13H2,1-2H3;2-10,12,14,19,22H,11,13,15H2,1H3;4-5,7-8,10-11,13,17,19H,3,6,9,12H2,1-2H3;3-4,6-7,9-10,12,16,18H,5,8,11H2,1-2H3. The molecule has 0 bridgehead atoms. The monoisotopic (exact) mass is 1720 g/mol. The van der Waals surface area contributed by atoms with Gasteiger partial charge in [-0.25, -0.2) is 13.5 Å². The predicted octanol–water partition coefficient (Wildman–Crippen LogP) is 23.5. The van der Waals surface area contributed by atoms with Crippen LogP contribution in [0.4, 0.5) is 8.78 Å². The van der Waals surface area contributed by atoms with E-state index in [-0.39, 0.29) is 46.7 Å². The van der Waals surface area contributed by atoms with Gasteiger partial charge in [-0.15, -0.1) is 0 Å². The van der Waals surface area contributed by atoms with Gasteiger partial charge in [-0.2, -0.15) is 15.3 Å². The highest BCUT2D eigenvalue weighted by molar-refractivity contribution is 6.30. The Kier molecular flexibility index (Phi) is 30.3. The molecule has 0 N–H and O–H groups in total. The van der Waals surface area contributed by atoms with Crippen molar-refractivity contribution in [3.05, 3.63) is 318 Å². The van der Waals surface area contributed by atoms with Gasteiger partial charge in [-0.05, 0) is 285 Å². The minimum absolute atomic E-state index is 0.195. The smallest absolute Gasteiger partial charge is 0.133 e. The maximum atomic E-state index is 13.6. The molecule has 10 unspecified atom stereocenters. The van der Waals surface area contributed by atoms with Crippen LogP contribution in [0.15, 0.2) is 267 Å². The molecule has 13 aromatic rings. The summed E-state index contributed by atoms with van der Waals surface area (Å²) in [7, 11) is 1.59. The van der Waals surface area contributed by atoms with Crippen LogP contribution in [-0.4, -0.2) is 91.8 Å². The van der Waals surface area contributed by atoms with Gasteiger partial charge in [0.05, 0.1) is 75.6 Å². The lowest BCUT2D eigenvalue weighted by Gasteiger charge is -2.11. The molecule has 0 aliphatic heterocycles. The van der Waals surface area contributed by atoms with Crippen LogP contribution in [0.1, 0.15) is 120 Å². The number of hydrogen-bond donors (Lipinski definition) is 0. The van der Waals surface area contributed by atoms with E-state index in [2.05, 4.69) is 107 Å². The Morgan fingerprint density at radius 1 is 0.402 bits per heavy atom. The lowest BCUT2D eigenvalue weighted by atomic mass is 10.00. The van der Waals surface area contributed by atoms with E-state index in [1.54, 1.807) is 53.9 Å². The second kappa shape index (κ2) is 42.5. The van der Waals surface area contributed by atoms with Crippen molar-refractivity contribution in [2.75, 3.05) is 33.5 Å². The molecule has 0 saturated heterocycles. The van der Waals surface area contributed by atoms with Gasteiger partial charge in [0.25, 0.3) is 0 Å². The summed E-state index contributed by atoms with van der Waals surface area (Å²) in [4.78, 5) is 56.5. The number of hydrogen-bond acceptors (Lipinski definition) is 13. The Labute approximate surface area is 748 Å². The first-order valence-electron chi connectivity index (χ1n) is 44.1. The zero-order valence-corrected chi connectivity index (χ0v) is 74.4. The second-order valence-corrected chi connectivity index (χ2v) is 34.7. The quantitative estimate of drug-likeness (QED) is 0.0379. The summed E-state index contributed by atoms with van der Waals surface area (Å²) in [5.74, 6) is 8.33. The molecule has 5 aliphatic carbocycles. The average molecular weight is 1730 g/mol. The molecule has 3 heterocycles. The molecule has 5 fully saturated rings. The first-order valence-corrected chi connectivity index (χ1v) is 44.5. The molecule has 654 valence electrons. The Balaban J connectivity index is 0.000000129. The fourth-order valence-electron chi connectivity index (χ4n) is 16.6. The molecule has 0 amide bonds. The molecule has 10 aromatic carbocycles. The van der Waals surface area contributed by atoms with Crippen molar-refractivity contribution >= 4 is 40.5 Å². The number of aryl methyl sites for hydroxylation is 4. The van der Waals surface area contributed by atoms with Crippen molar-refractivity contribution in [3.63, 3.8) is 0 Å². The van der Waals surface area contributed by atoms with Gasteiger partial charge in [0.1, 0.15) is 69.3 Å². The molecule has 19 heteroatoms. The fraction of sp³-hybridized carbons (Fsp3) is 0.315. The van der Waals surface area contributed by atoms with E-state index in [4.69, 9.17) is 35.3 Å². The van der Waals surface area contributed by atoms with Crippen LogP contribution in [0.5, 0.6) is 28.7 Å². The van der Waals surface area contributed by atoms with Crippen molar-refractivity contribution in [2.24, 2.45) is 59.2 Å². The van der Waals surface area contributed by atoms with Crippen molar-refractivity contribution in [1.82, 2.24) is 29.3 Å². The van der Waals surface area contributed by atoms with Gasteiger partial charge < -0.3 is 23.7 Å². The number of rotatable bonds is 33. The van der Waals surface area contributed by atoms with Crippen molar-refractivity contribution < 1.29 is 56.4 Å². The minimum Gasteiger partial charge on any atom is -0.496 e. The highest BCUT2D eigenvalue weighted by Gasteiger charge is 2.44. The van der Waals surface area contributed by atoms with E-state index in [0.29, 0.717) is 95.9 Å². The van der Waals surface area contributed by atoms with E-state index in [0.717, 1.165) is 161 Å². The number of halogens is 3. The normalized spacial score (nSPS) is 18.7. The summed E-state index contributed by atoms with van der Waals surface area (Å²) in [6.07, 6.45) is 15.1. The molecule has 0 spiro atoms. The zero-order chi connectivity index (χ0) is 89.2. The summed E-state index contributed by atoms with van der Waals surface area (Å²) in [5, 5.41) is 14.4. The van der Waals surface area contributed by atoms with Gasteiger partial charge in [0.2, 0.25) is 0 Å². The molecule has 10 atom stereocenters. The summed E-state index contributed by atoms with van der Waals surface area (Å²) >= 11 is 6.00. The summed E-state index contributed by atoms with van der Waals surface area (Å²) in [5.41, 5.74) is 17.9. The largest absolute Gasteiger partial charge is 0.496 e. The lowest BCUT2D eigenvalue weighted by Crippen LogP contribution is -2.04. The third-order valence-electron chi connectivity index (χ3n) is 24.5. The minimum atomic E-state index is -0.270. The van der Waals surface area contributed by atoms with Crippen LogP contribution in [0.2, 0.25) is 5.02 Å². The van der Waals surface area contributed by atoms with E-state index < -0.39 is 0 Å². The topological polar surface area (TPSA) is 185 Å². The molecule has 5 saturated carbocycles. The van der Waals surface area contributed by atoms with Crippen LogP contribution in [0.25, 0.3) is 61.5 Å².